The van der Waals surface area contributed by atoms with Gasteiger partial charge in [-0.15, -0.1) is 0 Å². The fourth-order valence-corrected chi connectivity index (χ4v) is 2.78. The number of benzene rings is 1. The lowest BCUT2D eigenvalue weighted by molar-refractivity contribution is -0.138. The van der Waals surface area contributed by atoms with E-state index < -0.39 is 6.04 Å². The monoisotopic (exact) mass is 287 g/mol. The van der Waals surface area contributed by atoms with Crippen molar-refractivity contribution in [3.8, 4) is 0 Å². The van der Waals surface area contributed by atoms with E-state index >= 15 is 0 Å². The van der Waals surface area contributed by atoms with Crippen molar-refractivity contribution in [2.45, 2.75) is 18.9 Å². The molecule has 0 aromatic heterocycles. The predicted molar refractivity (Wildman–Crippen MR) is 76.5 cm³/mol. The van der Waals surface area contributed by atoms with Crippen LogP contribution >= 0.6 is 0 Å². The molecule has 0 bridgehead atoms. The van der Waals surface area contributed by atoms with Crippen molar-refractivity contribution in [1.29, 1.82) is 0 Å². The second kappa shape index (κ2) is 5.20. The molecular weight excluding hydrogens is 270 g/mol. The summed E-state index contributed by atoms with van der Waals surface area (Å²) in [6.07, 6.45) is 0.692. The van der Waals surface area contributed by atoms with Crippen LogP contribution in [0.5, 0.6) is 0 Å². The standard InChI is InChI=1S/C15H17N3O3/c1-18-13(19)7-12(15(18)21)17-14(20)10-6-9-4-2-3-5-11(9)16-8-10/h2-5,10,12,16H,6-8H2,1H3,(H,17,20). The van der Waals surface area contributed by atoms with Crippen molar-refractivity contribution in [2.24, 2.45) is 5.92 Å². The van der Waals surface area contributed by atoms with Crippen molar-refractivity contribution in [3.05, 3.63) is 29.8 Å². The van der Waals surface area contributed by atoms with Gasteiger partial charge in [-0.2, -0.15) is 0 Å². The van der Waals surface area contributed by atoms with Crippen LogP contribution < -0.4 is 10.6 Å². The van der Waals surface area contributed by atoms with Gasteiger partial charge in [-0.3, -0.25) is 19.3 Å². The maximum Gasteiger partial charge on any atom is 0.252 e. The van der Waals surface area contributed by atoms with E-state index in [-0.39, 0.29) is 30.1 Å². The minimum atomic E-state index is -0.716. The molecule has 6 heteroatoms. The largest absolute Gasteiger partial charge is 0.384 e. The number of amides is 3. The smallest absolute Gasteiger partial charge is 0.252 e. The number of hydrogen-bond donors (Lipinski definition) is 2. The Morgan fingerprint density at radius 3 is 2.76 bits per heavy atom. The number of carbonyl (C=O) groups excluding carboxylic acids is 3. The molecule has 2 aliphatic heterocycles. The Bertz CT molecular complexity index is 614. The van der Waals surface area contributed by atoms with E-state index in [1.807, 2.05) is 24.3 Å². The fourth-order valence-electron chi connectivity index (χ4n) is 2.78. The van der Waals surface area contributed by atoms with Gasteiger partial charge in [0.1, 0.15) is 6.04 Å². The molecule has 0 radical (unpaired) electrons. The number of nitrogens with one attached hydrogen (secondary N) is 2. The van der Waals surface area contributed by atoms with Crippen LogP contribution in [0, 0.1) is 5.92 Å². The highest BCUT2D eigenvalue weighted by atomic mass is 16.2. The third kappa shape index (κ3) is 2.49. The molecule has 2 N–H and O–H groups in total. The molecule has 2 aliphatic rings. The van der Waals surface area contributed by atoms with Gasteiger partial charge < -0.3 is 10.6 Å². The first-order chi connectivity index (χ1) is 10.1. The number of likely N-dealkylation sites (tertiary alicyclic amines) is 1. The van der Waals surface area contributed by atoms with Crippen molar-refractivity contribution in [2.75, 3.05) is 18.9 Å². The topological polar surface area (TPSA) is 78.5 Å². The molecule has 1 aromatic rings. The molecule has 2 unspecified atom stereocenters. The van der Waals surface area contributed by atoms with Gasteiger partial charge >= 0.3 is 0 Å². The first-order valence-corrected chi connectivity index (χ1v) is 6.99. The third-order valence-corrected chi connectivity index (χ3v) is 4.09. The molecule has 3 rings (SSSR count). The molecule has 110 valence electrons. The second-order valence-electron chi connectivity index (χ2n) is 5.50. The van der Waals surface area contributed by atoms with Crippen LogP contribution in [0.25, 0.3) is 0 Å². The average molecular weight is 287 g/mol. The van der Waals surface area contributed by atoms with Crippen LogP contribution in [-0.2, 0) is 20.8 Å². The van der Waals surface area contributed by atoms with E-state index in [1.165, 1.54) is 7.05 Å². The number of imide groups is 1. The molecule has 1 aromatic carbocycles. The van der Waals surface area contributed by atoms with Gasteiger partial charge in [0.25, 0.3) is 5.91 Å². The predicted octanol–water partition coefficient (Wildman–Crippen LogP) is 0.144. The van der Waals surface area contributed by atoms with Gasteiger partial charge in [-0.05, 0) is 18.1 Å². The number of rotatable bonds is 2. The lowest BCUT2D eigenvalue weighted by Crippen LogP contribution is -2.46. The maximum atomic E-state index is 12.3. The van der Waals surface area contributed by atoms with E-state index in [0.29, 0.717) is 13.0 Å². The molecule has 0 saturated carbocycles. The highest BCUT2D eigenvalue weighted by molar-refractivity contribution is 6.06. The number of carbonyl (C=O) groups is 3. The number of likely N-dealkylation sites (N-methyl/N-ethyl adjacent to an activating group) is 1. The summed E-state index contributed by atoms with van der Waals surface area (Å²) in [6.45, 7) is 0.535. The van der Waals surface area contributed by atoms with Gasteiger partial charge in [0.15, 0.2) is 0 Å². The van der Waals surface area contributed by atoms with Gasteiger partial charge in [0.05, 0.1) is 12.3 Å². The van der Waals surface area contributed by atoms with Crippen LogP contribution in [-0.4, -0.2) is 42.3 Å². The van der Waals surface area contributed by atoms with Crippen LogP contribution in [0.1, 0.15) is 12.0 Å². The second-order valence-corrected chi connectivity index (χ2v) is 5.50. The van der Waals surface area contributed by atoms with Crippen LogP contribution in [0.15, 0.2) is 24.3 Å². The van der Waals surface area contributed by atoms with Gasteiger partial charge in [0.2, 0.25) is 11.8 Å². The molecule has 21 heavy (non-hydrogen) atoms. The van der Waals surface area contributed by atoms with Crippen molar-refractivity contribution in [3.63, 3.8) is 0 Å². The number of nitrogens with zero attached hydrogens (tertiary/aromatic N) is 1. The van der Waals surface area contributed by atoms with Crippen molar-refractivity contribution < 1.29 is 14.4 Å². The van der Waals surface area contributed by atoms with E-state index in [9.17, 15) is 14.4 Å². The first kappa shape index (κ1) is 13.6. The Hall–Kier alpha value is -2.37. The molecule has 0 spiro atoms. The zero-order valence-corrected chi connectivity index (χ0v) is 11.8. The van der Waals surface area contributed by atoms with Crippen LogP contribution in [0.2, 0.25) is 0 Å². The fraction of sp³-hybridized carbons (Fsp3) is 0.400. The Morgan fingerprint density at radius 2 is 2.05 bits per heavy atom. The van der Waals surface area contributed by atoms with E-state index in [4.69, 9.17) is 0 Å². The molecule has 2 heterocycles. The molecular formula is C15H17N3O3. The Kier molecular flexibility index (Phi) is 3.37. The summed E-state index contributed by atoms with van der Waals surface area (Å²) in [4.78, 5) is 36.6. The van der Waals surface area contributed by atoms with Crippen molar-refractivity contribution in [1.82, 2.24) is 10.2 Å². The quantitative estimate of drug-likeness (QED) is 0.759. The summed E-state index contributed by atoms with van der Waals surface area (Å²) in [5.41, 5.74) is 2.14. The first-order valence-electron chi connectivity index (χ1n) is 6.99. The number of fused-ring (bicyclic) bond motifs is 1. The van der Waals surface area contributed by atoms with Gasteiger partial charge in [-0.25, -0.2) is 0 Å². The minimum absolute atomic E-state index is 0.0534. The number of anilines is 1. The highest BCUT2D eigenvalue weighted by Crippen LogP contribution is 2.24. The molecule has 3 amide bonds. The molecule has 6 nitrogen and oxygen atoms in total. The molecule has 1 saturated heterocycles. The molecule has 1 fully saturated rings. The summed E-state index contributed by atoms with van der Waals surface area (Å²) in [6, 6.07) is 7.14. The lowest BCUT2D eigenvalue weighted by Gasteiger charge is -2.26. The lowest BCUT2D eigenvalue weighted by atomic mass is 9.93. The number of para-hydroxylation sites is 1. The average Bonchev–Trinajstić information content (AvgIpc) is 2.74. The van der Waals surface area contributed by atoms with E-state index in [2.05, 4.69) is 10.6 Å². The maximum absolute atomic E-state index is 12.3. The summed E-state index contributed by atoms with van der Waals surface area (Å²) in [5.74, 6) is -0.998. The summed E-state index contributed by atoms with van der Waals surface area (Å²) < 4.78 is 0. The summed E-state index contributed by atoms with van der Waals surface area (Å²) >= 11 is 0. The number of hydrogen-bond acceptors (Lipinski definition) is 4. The van der Waals surface area contributed by atoms with Crippen LogP contribution in [0.4, 0.5) is 5.69 Å². The summed E-state index contributed by atoms with van der Waals surface area (Å²) in [7, 11) is 1.44. The van der Waals surface area contributed by atoms with Gasteiger partial charge in [-0.1, -0.05) is 18.2 Å². The van der Waals surface area contributed by atoms with Crippen molar-refractivity contribution >= 4 is 23.4 Å². The summed E-state index contributed by atoms with van der Waals surface area (Å²) in [5, 5.41) is 5.92. The normalized spacial score (nSPS) is 24.5. The SMILES string of the molecule is CN1C(=O)CC(NC(=O)C2CNc3ccccc3C2)C1=O. The van der Waals surface area contributed by atoms with E-state index in [1.54, 1.807) is 0 Å². The zero-order valence-electron chi connectivity index (χ0n) is 11.8. The van der Waals surface area contributed by atoms with Gasteiger partial charge in [0, 0.05) is 19.3 Å². The molecule has 0 aliphatic carbocycles. The highest BCUT2D eigenvalue weighted by Gasteiger charge is 2.38. The minimum Gasteiger partial charge on any atom is -0.384 e. The Morgan fingerprint density at radius 1 is 1.29 bits per heavy atom. The van der Waals surface area contributed by atoms with Crippen LogP contribution in [0.3, 0.4) is 0 Å². The van der Waals surface area contributed by atoms with E-state index in [0.717, 1.165) is 16.2 Å². The zero-order chi connectivity index (χ0) is 15.0. The Labute approximate surface area is 122 Å². The third-order valence-electron chi connectivity index (χ3n) is 4.09. The molecule has 2 atom stereocenters. The Balaban J connectivity index is 1.65.